The van der Waals surface area contributed by atoms with Crippen LogP contribution in [0.3, 0.4) is 0 Å². The molecule has 0 N–H and O–H groups in total. The summed E-state index contributed by atoms with van der Waals surface area (Å²) >= 11 is 0. The maximum absolute atomic E-state index is 12.4. The van der Waals surface area contributed by atoms with Gasteiger partial charge in [-0.25, -0.2) is 0 Å². The Hall–Kier alpha value is -3.88. The first kappa shape index (κ1) is 18.9. The van der Waals surface area contributed by atoms with Gasteiger partial charge in [0.1, 0.15) is 12.1 Å². The monoisotopic (exact) mass is 382 g/mol. The van der Waals surface area contributed by atoms with Crippen molar-refractivity contribution < 1.29 is 28.8 Å². The minimum absolute atomic E-state index is 0.150. The normalized spacial score (nSPS) is 12.7. The van der Waals surface area contributed by atoms with Crippen molar-refractivity contribution in [1.29, 1.82) is 0 Å². The number of hydrogen-bond donors (Lipinski definition) is 0. The van der Waals surface area contributed by atoms with Gasteiger partial charge in [-0.2, -0.15) is 0 Å². The molecule has 9 heteroatoms. The first-order valence-corrected chi connectivity index (χ1v) is 8.18. The van der Waals surface area contributed by atoms with Crippen LogP contribution in [-0.4, -0.2) is 46.5 Å². The minimum Gasteiger partial charge on any atom is -0.456 e. The van der Waals surface area contributed by atoms with Crippen molar-refractivity contribution in [2.24, 2.45) is 0 Å². The van der Waals surface area contributed by atoms with Gasteiger partial charge < -0.3 is 4.74 Å². The van der Waals surface area contributed by atoms with Crippen LogP contribution < -0.4 is 0 Å². The number of carbonyl (C=O) groups is 4. The standard InChI is InChI=1S/C19H14N2O7/c1-11-5-7-12(8-6-11)15(22)10-28-16(23)9-20-18(24)13-3-2-4-14(21(26)27)17(13)19(20)25/h2-8H,9-10H2,1H3. The molecule has 3 rings (SSSR count). The van der Waals surface area contributed by atoms with Crippen LogP contribution in [0, 0.1) is 17.0 Å². The summed E-state index contributed by atoms with van der Waals surface area (Å²) in [5, 5.41) is 11.1. The predicted octanol–water partition coefficient (Wildman–Crippen LogP) is 1.93. The summed E-state index contributed by atoms with van der Waals surface area (Å²) in [5.41, 5.74) is 0.299. The Balaban J connectivity index is 1.66. The molecule has 2 aromatic carbocycles. The van der Waals surface area contributed by atoms with E-state index in [-0.39, 0.29) is 11.1 Å². The fraction of sp³-hybridized carbons (Fsp3) is 0.158. The summed E-state index contributed by atoms with van der Waals surface area (Å²) in [6.45, 7) is 0.566. The number of nitrogens with zero attached hydrogens (tertiary/aromatic N) is 2. The lowest BCUT2D eigenvalue weighted by Gasteiger charge is -2.12. The van der Waals surface area contributed by atoms with E-state index in [1.165, 1.54) is 12.1 Å². The van der Waals surface area contributed by atoms with Gasteiger partial charge in [-0.3, -0.25) is 34.2 Å². The first-order chi connectivity index (χ1) is 13.3. The van der Waals surface area contributed by atoms with Crippen molar-refractivity contribution in [1.82, 2.24) is 4.90 Å². The smallest absolute Gasteiger partial charge is 0.326 e. The van der Waals surface area contributed by atoms with Crippen LogP contribution >= 0.6 is 0 Å². The number of carbonyl (C=O) groups excluding carboxylic acids is 4. The van der Waals surface area contributed by atoms with Gasteiger partial charge in [-0.05, 0) is 13.0 Å². The number of rotatable bonds is 6. The number of benzene rings is 2. The second-order valence-corrected chi connectivity index (χ2v) is 6.10. The zero-order chi connectivity index (χ0) is 20.4. The van der Waals surface area contributed by atoms with Crippen LogP contribution in [0.25, 0.3) is 0 Å². The van der Waals surface area contributed by atoms with E-state index in [0.29, 0.717) is 10.5 Å². The molecule has 1 aliphatic rings. The average Bonchev–Trinajstić information content (AvgIpc) is 2.91. The molecule has 0 atom stereocenters. The first-order valence-electron chi connectivity index (χ1n) is 8.18. The number of nitro benzene ring substituents is 1. The topological polar surface area (TPSA) is 124 Å². The summed E-state index contributed by atoms with van der Waals surface area (Å²) in [6.07, 6.45) is 0. The zero-order valence-electron chi connectivity index (χ0n) is 14.7. The molecule has 1 heterocycles. The highest BCUT2D eigenvalue weighted by Crippen LogP contribution is 2.30. The number of imide groups is 1. The number of ether oxygens (including phenoxy) is 1. The maximum atomic E-state index is 12.4. The molecule has 9 nitrogen and oxygen atoms in total. The molecule has 2 aromatic rings. The molecular formula is C19H14N2O7. The highest BCUT2D eigenvalue weighted by molar-refractivity contribution is 6.24. The Morgan fingerprint density at radius 1 is 1.07 bits per heavy atom. The second kappa shape index (κ2) is 7.39. The van der Waals surface area contributed by atoms with Gasteiger partial charge in [0.25, 0.3) is 17.5 Å². The zero-order valence-corrected chi connectivity index (χ0v) is 14.7. The van der Waals surface area contributed by atoms with E-state index >= 15 is 0 Å². The van der Waals surface area contributed by atoms with Crippen LogP contribution in [0.2, 0.25) is 0 Å². The Morgan fingerprint density at radius 3 is 2.39 bits per heavy atom. The third kappa shape index (κ3) is 3.50. The van der Waals surface area contributed by atoms with Crippen molar-refractivity contribution in [2.45, 2.75) is 6.92 Å². The molecule has 0 saturated carbocycles. The maximum Gasteiger partial charge on any atom is 0.326 e. The van der Waals surface area contributed by atoms with Crippen LogP contribution in [0.5, 0.6) is 0 Å². The van der Waals surface area contributed by atoms with Gasteiger partial charge in [0.05, 0.1) is 10.5 Å². The lowest BCUT2D eigenvalue weighted by atomic mass is 10.1. The lowest BCUT2D eigenvalue weighted by molar-refractivity contribution is -0.385. The minimum atomic E-state index is -0.974. The van der Waals surface area contributed by atoms with Crippen molar-refractivity contribution in [2.75, 3.05) is 13.2 Å². The van der Waals surface area contributed by atoms with Gasteiger partial charge in [0, 0.05) is 11.6 Å². The average molecular weight is 382 g/mol. The van der Waals surface area contributed by atoms with Crippen LogP contribution in [0.1, 0.15) is 36.6 Å². The summed E-state index contributed by atoms with van der Waals surface area (Å²) in [5.74, 6) is -3.19. The Labute approximate surface area is 158 Å². The van der Waals surface area contributed by atoms with E-state index in [0.717, 1.165) is 11.6 Å². The van der Waals surface area contributed by atoms with Gasteiger partial charge in [0.15, 0.2) is 12.4 Å². The molecule has 0 aliphatic carbocycles. The molecule has 0 bridgehead atoms. The third-order valence-corrected chi connectivity index (χ3v) is 4.20. The number of ketones is 1. The van der Waals surface area contributed by atoms with Crippen molar-refractivity contribution in [3.8, 4) is 0 Å². The van der Waals surface area contributed by atoms with Crippen molar-refractivity contribution >= 4 is 29.3 Å². The quantitative estimate of drug-likeness (QED) is 0.246. The van der Waals surface area contributed by atoms with E-state index in [4.69, 9.17) is 4.74 Å². The summed E-state index contributed by atoms with van der Waals surface area (Å²) in [6, 6.07) is 10.3. The summed E-state index contributed by atoms with van der Waals surface area (Å²) in [7, 11) is 0. The highest BCUT2D eigenvalue weighted by Gasteiger charge is 2.41. The number of esters is 1. The molecule has 1 aliphatic heterocycles. The van der Waals surface area contributed by atoms with E-state index in [1.807, 2.05) is 6.92 Å². The molecule has 142 valence electrons. The molecule has 0 unspecified atom stereocenters. The number of nitro groups is 1. The molecular weight excluding hydrogens is 368 g/mol. The molecule has 0 fully saturated rings. The second-order valence-electron chi connectivity index (χ2n) is 6.10. The van der Waals surface area contributed by atoms with Gasteiger partial charge in [-0.15, -0.1) is 0 Å². The summed E-state index contributed by atoms with van der Waals surface area (Å²) < 4.78 is 4.86. The van der Waals surface area contributed by atoms with E-state index < -0.39 is 47.3 Å². The van der Waals surface area contributed by atoms with E-state index in [1.54, 1.807) is 24.3 Å². The molecule has 28 heavy (non-hydrogen) atoms. The number of hydrogen-bond acceptors (Lipinski definition) is 7. The Morgan fingerprint density at radius 2 is 1.75 bits per heavy atom. The number of fused-ring (bicyclic) bond motifs is 1. The molecule has 2 amide bonds. The fourth-order valence-electron chi connectivity index (χ4n) is 2.76. The van der Waals surface area contributed by atoms with Crippen LogP contribution in [0.15, 0.2) is 42.5 Å². The molecule has 0 saturated heterocycles. The highest BCUT2D eigenvalue weighted by atomic mass is 16.6. The SMILES string of the molecule is Cc1ccc(C(=O)COC(=O)CN2C(=O)c3cccc([N+](=O)[O-])c3C2=O)cc1. The van der Waals surface area contributed by atoms with Crippen LogP contribution in [-0.2, 0) is 9.53 Å². The number of Topliss-reactive ketones (excluding diaryl/α,β-unsaturated/α-hetero) is 1. The predicted molar refractivity (Wildman–Crippen MR) is 94.9 cm³/mol. The Bertz CT molecular complexity index is 1010. The van der Waals surface area contributed by atoms with Gasteiger partial charge in [-0.1, -0.05) is 35.9 Å². The fourth-order valence-corrected chi connectivity index (χ4v) is 2.76. The number of amides is 2. The van der Waals surface area contributed by atoms with Gasteiger partial charge in [0.2, 0.25) is 0 Å². The molecule has 0 radical (unpaired) electrons. The van der Waals surface area contributed by atoms with E-state index in [9.17, 15) is 29.3 Å². The van der Waals surface area contributed by atoms with Crippen LogP contribution in [0.4, 0.5) is 5.69 Å². The number of aryl methyl sites for hydroxylation is 1. The van der Waals surface area contributed by atoms with Crippen molar-refractivity contribution in [3.05, 3.63) is 74.8 Å². The molecule has 0 aromatic heterocycles. The van der Waals surface area contributed by atoms with Gasteiger partial charge >= 0.3 is 5.97 Å². The Kier molecular flexibility index (Phi) is 4.99. The summed E-state index contributed by atoms with van der Waals surface area (Å²) in [4.78, 5) is 59.6. The largest absolute Gasteiger partial charge is 0.456 e. The lowest BCUT2D eigenvalue weighted by Crippen LogP contribution is -2.36. The van der Waals surface area contributed by atoms with E-state index in [2.05, 4.69) is 0 Å². The third-order valence-electron chi connectivity index (χ3n) is 4.20. The van der Waals surface area contributed by atoms with Crippen molar-refractivity contribution in [3.63, 3.8) is 0 Å². The molecule has 0 spiro atoms.